The van der Waals surface area contributed by atoms with Crippen molar-refractivity contribution < 1.29 is 34.8 Å². The molecule has 5 atom stereocenters. The molecule has 35 heavy (non-hydrogen) atoms. The smallest absolute Gasteiger partial charge is 0.335 e. The number of hydrogen-bond acceptors (Lipinski definition) is 6. The molecule has 192 valence electrons. The topological polar surface area (TPSA) is 128 Å². The summed E-state index contributed by atoms with van der Waals surface area (Å²) in [4.78, 5) is 22.4. The van der Waals surface area contributed by atoms with Crippen LogP contribution in [0.5, 0.6) is 5.75 Å². The highest BCUT2D eigenvalue weighted by molar-refractivity contribution is 5.83. The zero-order valence-corrected chi connectivity index (χ0v) is 20.4. The third kappa shape index (κ3) is 4.97. The number of likely N-dealkylation sites (tertiary alicyclic amines) is 1. The monoisotopic (exact) mass is 487 g/mol. The van der Waals surface area contributed by atoms with Crippen molar-refractivity contribution in [2.75, 3.05) is 20.2 Å². The fourth-order valence-electron chi connectivity index (χ4n) is 6.65. The van der Waals surface area contributed by atoms with E-state index >= 15 is 0 Å². The van der Waals surface area contributed by atoms with Crippen molar-refractivity contribution in [1.82, 2.24) is 4.90 Å². The van der Waals surface area contributed by atoms with Gasteiger partial charge in [-0.05, 0) is 86.6 Å². The van der Waals surface area contributed by atoms with Gasteiger partial charge in [0.1, 0.15) is 5.75 Å². The van der Waals surface area contributed by atoms with Crippen LogP contribution < -0.4 is 4.74 Å². The maximum Gasteiger partial charge on any atom is 0.335 e. The molecular weight excluding hydrogens is 450 g/mol. The summed E-state index contributed by atoms with van der Waals surface area (Å²) >= 11 is 0. The molecule has 8 heteroatoms. The Kier molecular flexibility index (Phi) is 7.54. The molecule has 2 bridgehead atoms. The van der Waals surface area contributed by atoms with Crippen molar-refractivity contribution in [3.63, 3.8) is 0 Å². The number of aliphatic hydroxyl groups is 2. The number of fused-ring (bicyclic) bond motifs is 1. The highest BCUT2D eigenvalue weighted by atomic mass is 16.5. The van der Waals surface area contributed by atoms with Crippen molar-refractivity contribution in [2.24, 2.45) is 11.8 Å². The van der Waals surface area contributed by atoms with Crippen LogP contribution in [-0.4, -0.2) is 75.7 Å². The third-order valence-electron chi connectivity index (χ3n) is 8.67. The highest BCUT2D eigenvalue weighted by Crippen LogP contribution is 2.57. The average molecular weight is 488 g/mol. The van der Waals surface area contributed by atoms with Gasteiger partial charge < -0.3 is 25.2 Å². The first kappa shape index (κ1) is 25.7. The van der Waals surface area contributed by atoms with Crippen LogP contribution in [0.3, 0.4) is 0 Å². The van der Waals surface area contributed by atoms with Gasteiger partial charge in [-0.3, -0.25) is 4.90 Å². The second-order valence-electron chi connectivity index (χ2n) is 10.6. The van der Waals surface area contributed by atoms with Gasteiger partial charge in [0.2, 0.25) is 0 Å². The van der Waals surface area contributed by atoms with Crippen LogP contribution in [0.4, 0.5) is 0 Å². The van der Waals surface area contributed by atoms with Crippen molar-refractivity contribution in [3.05, 3.63) is 41.5 Å². The predicted octanol–water partition coefficient (Wildman–Crippen LogP) is 2.60. The van der Waals surface area contributed by atoms with Crippen LogP contribution in [0.15, 0.2) is 30.4 Å². The first-order valence-corrected chi connectivity index (χ1v) is 12.6. The van der Waals surface area contributed by atoms with Gasteiger partial charge in [-0.2, -0.15) is 0 Å². The molecule has 4 N–H and O–H groups in total. The number of hydrogen-bond donors (Lipinski definition) is 4. The van der Waals surface area contributed by atoms with Gasteiger partial charge in [0.15, 0.2) is 12.2 Å². The van der Waals surface area contributed by atoms with E-state index in [-0.39, 0.29) is 0 Å². The minimum atomic E-state index is -2.27. The summed E-state index contributed by atoms with van der Waals surface area (Å²) in [6.07, 6.45) is 6.17. The second-order valence-corrected chi connectivity index (χ2v) is 10.6. The van der Waals surface area contributed by atoms with Crippen LogP contribution in [0, 0.1) is 11.8 Å². The lowest BCUT2D eigenvalue weighted by atomic mass is 9.51. The zero-order chi connectivity index (χ0) is 25.3. The van der Waals surface area contributed by atoms with Gasteiger partial charge in [-0.25, -0.2) is 9.59 Å². The summed E-state index contributed by atoms with van der Waals surface area (Å²) in [7, 11) is 1.80. The number of piperidine rings is 1. The molecule has 0 aromatic heterocycles. The number of carbonyl (C=O) groups is 2. The van der Waals surface area contributed by atoms with Crippen molar-refractivity contribution in [2.45, 2.75) is 75.0 Å². The number of carboxylic acid groups (broad SMARTS) is 2. The van der Waals surface area contributed by atoms with E-state index in [2.05, 4.69) is 29.7 Å². The summed E-state index contributed by atoms with van der Waals surface area (Å²) < 4.78 is 5.58. The molecule has 1 heterocycles. The molecule has 2 saturated carbocycles. The Hall–Kier alpha value is -2.42. The Balaban J connectivity index is 0.000000248. The number of aliphatic carboxylic acids is 2. The maximum absolute atomic E-state index is 9.77. The molecule has 5 rings (SSSR count). The van der Waals surface area contributed by atoms with E-state index < -0.39 is 24.1 Å². The van der Waals surface area contributed by atoms with E-state index in [1.54, 1.807) is 18.2 Å². The third-order valence-corrected chi connectivity index (χ3v) is 8.67. The van der Waals surface area contributed by atoms with Crippen LogP contribution in [0.25, 0.3) is 0 Å². The number of nitrogens with zero attached hydrogens (tertiary/aromatic N) is 1. The summed E-state index contributed by atoms with van der Waals surface area (Å²) in [5.74, 6) is -0.724. The maximum atomic E-state index is 9.77. The Morgan fingerprint density at radius 3 is 2.43 bits per heavy atom. The Labute approximate surface area is 206 Å². The predicted molar refractivity (Wildman–Crippen MR) is 129 cm³/mol. The highest BCUT2D eigenvalue weighted by Gasteiger charge is 2.54. The minimum Gasteiger partial charge on any atom is -0.497 e. The summed E-state index contributed by atoms with van der Waals surface area (Å²) in [6.45, 7) is 7.04. The van der Waals surface area contributed by atoms with Gasteiger partial charge in [-0.15, -0.1) is 0 Å². The van der Waals surface area contributed by atoms with E-state index in [9.17, 15) is 9.59 Å². The molecule has 5 unspecified atom stereocenters. The Bertz CT molecular complexity index is 956. The van der Waals surface area contributed by atoms with Gasteiger partial charge in [0.25, 0.3) is 0 Å². The molecule has 0 amide bonds. The number of methoxy groups -OCH3 is 1. The van der Waals surface area contributed by atoms with Crippen LogP contribution in [-0.2, 0) is 21.4 Å². The van der Waals surface area contributed by atoms with E-state index in [0.29, 0.717) is 5.41 Å². The number of aliphatic hydroxyl groups excluding tert-OH is 2. The minimum absolute atomic E-state index is 0.332. The molecule has 1 saturated heterocycles. The lowest BCUT2D eigenvalue weighted by Gasteiger charge is -2.60. The Morgan fingerprint density at radius 1 is 1.17 bits per heavy atom. The average Bonchev–Trinajstić information content (AvgIpc) is 2.81. The van der Waals surface area contributed by atoms with Gasteiger partial charge in [0.05, 0.1) is 7.11 Å². The Morgan fingerprint density at radius 2 is 1.86 bits per heavy atom. The summed E-state index contributed by atoms with van der Waals surface area (Å²) in [5.41, 5.74) is 4.98. The number of carboxylic acids is 2. The SMILES string of the molecule is C=C1CCC2C3Cc4ccc(OC)cc4C2(CCN3CC2CCC2)C1.O=C(O)C(O)C(O)C(=O)O. The standard InChI is InChI=1S/C23H31NO.C4H6O6/c1-16-6-9-20-22-12-18-7-8-19(25-2)13-21(18)23(20,14-16)10-11-24(22)15-17-4-3-5-17;5-1(3(7)8)2(6)4(9)10/h7-8,13,17,20,22H,1,3-6,9-12,14-15H2,2H3;1-2,5-6H,(H,7,8)(H,9,10). The first-order valence-electron chi connectivity index (χ1n) is 12.6. The van der Waals surface area contributed by atoms with Crippen molar-refractivity contribution >= 4 is 11.9 Å². The molecule has 1 aliphatic heterocycles. The van der Waals surface area contributed by atoms with Crippen LogP contribution in [0.2, 0.25) is 0 Å². The normalized spacial score (nSPS) is 29.4. The molecule has 1 aromatic rings. The molecular formula is C27H37NO7. The van der Waals surface area contributed by atoms with Crippen molar-refractivity contribution in [1.29, 1.82) is 0 Å². The first-order chi connectivity index (χ1) is 16.7. The molecule has 0 spiro atoms. The van der Waals surface area contributed by atoms with Gasteiger partial charge >= 0.3 is 11.9 Å². The largest absolute Gasteiger partial charge is 0.497 e. The summed E-state index contributed by atoms with van der Waals surface area (Å²) in [5, 5.41) is 32.5. The van der Waals surface area contributed by atoms with E-state index in [4.69, 9.17) is 25.2 Å². The number of benzene rings is 1. The second kappa shape index (κ2) is 10.3. The van der Waals surface area contributed by atoms with E-state index in [0.717, 1.165) is 23.6 Å². The number of allylic oxidation sites excluding steroid dienone is 1. The van der Waals surface area contributed by atoms with Crippen LogP contribution >= 0.6 is 0 Å². The van der Waals surface area contributed by atoms with Gasteiger partial charge in [-0.1, -0.05) is 24.6 Å². The molecule has 3 fully saturated rings. The lowest BCUT2D eigenvalue weighted by molar-refractivity contribution is -0.165. The van der Waals surface area contributed by atoms with Gasteiger partial charge in [0, 0.05) is 18.0 Å². The lowest BCUT2D eigenvalue weighted by Crippen LogP contribution is -2.61. The van der Waals surface area contributed by atoms with E-state index in [1.807, 2.05) is 0 Å². The quantitative estimate of drug-likeness (QED) is 0.451. The molecule has 8 nitrogen and oxygen atoms in total. The molecule has 0 radical (unpaired) electrons. The fourth-order valence-corrected chi connectivity index (χ4v) is 6.65. The van der Waals surface area contributed by atoms with Crippen molar-refractivity contribution in [3.8, 4) is 5.75 Å². The zero-order valence-electron chi connectivity index (χ0n) is 20.4. The van der Waals surface area contributed by atoms with E-state index in [1.165, 1.54) is 70.0 Å². The number of ether oxygens (including phenoxy) is 1. The molecule has 1 aromatic carbocycles. The fraction of sp³-hybridized carbons (Fsp3) is 0.630. The number of rotatable bonds is 6. The molecule has 3 aliphatic carbocycles. The van der Waals surface area contributed by atoms with Crippen LogP contribution in [0.1, 0.15) is 56.1 Å². The summed E-state index contributed by atoms with van der Waals surface area (Å²) in [6, 6.07) is 7.63. The molecule has 4 aliphatic rings.